The van der Waals surface area contributed by atoms with E-state index in [0.717, 1.165) is 51.6 Å². The summed E-state index contributed by atoms with van der Waals surface area (Å²) in [4.78, 5) is 4.31. The lowest BCUT2D eigenvalue weighted by Crippen LogP contribution is -2.34. The number of aromatic nitrogens is 2. The van der Waals surface area contributed by atoms with Gasteiger partial charge in [-0.05, 0) is 65.6 Å². The molecule has 1 aliphatic carbocycles. The van der Waals surface area contributed by atoms with Crippen LogP contribution in [0.2, 0.25) is 0 Å². The van der Waals surface area contributed by atoms with Crippen molar-refractivity contribution in [3.05, 3.63) is 71.2 Å². The van der Waals surface area contributed by atoms with Crippen LogP contribution in [0.3, 0.4) is 0 Å². The topological polar surface area (TPSA) is 29.9 Å². The Balaban J connectivity index is 1.72. The first-order valence-corrected chi connectivity index (χ1v) is 12.1. The van der Waals surface area contributed by atoms with Crippen LogP contribution in [0, 0.1) is 13.8 Å². The Morgan fingerprint density at radius 3 is 2.41 bits per heavy atom. The summed E-state index contributed by atoms with van der Waals surface area (Å²) in [5.74, 6) is 0. The van der Waals surface area contributed by atoms with Gasteiger partial charge in [-0.3, -0.25) is 0 Å². The molecule has 0 atom stereocenters. The van der Waals surface area contributed by atoms with E-state index in [1.807, 2.05) is 11.6 Å². The van der Waals surface area contributed by atoms with E-state index < -0.39 is 6.85 Å². The van der Waals surface area contributed by atoms with Gasteiger partial charge in [-0.2, -0.15) is 4.57 Å². The van der Waals surface area contributed by atoms with Crippen LogP contribution in [0.1, 0.15) is 67.0 Å². The van der Waals surface area contributed by atoms with Crippen molar-refractivity contribution in [1.29, 1.82) is 0 Å². The Morgan fingerprint density at radius 2 is 1.65 bits per heavy atom. The molecule has 0 saturated heterocycles. The molecular weight excluding hydrogens is 416 g/mol. The fourth-order valence-corrected chi connectivity index (χ4v) is 6.02. The van der Waals surface area contributed by atoms with Gasteiger partial charge in [0.25, 0.3) is 0 Å². The molecule has 5 aromatic rings. The first-order chi connectivity index (χ1) is 17.3. The molecule has 0 bridgehead atoms. The molecule has 3 aromatic carbocycles. The lowest BCUT2D eigenvalue weighted by atomic mass is 9.62. The van der Waals surface area contributed by atoms with Gasteiger partial charge < -0.3 is 4.42 Å². The molecule has 0 spiro atoms. The van der Waals surface area contributed by atoms with Crippen molar-refractivity contribution in [3.8, 4) is 11.3 Å². The zero-order valence-electron chi connectivity index (χ0n) is 23.8. The molecule has 2 aromatic heterocycles. The first kappa shape index (κ1) is 18.2. The Kier molecular flexibility index (Phi) is 3.69. The maximum atomic E-state index is 7.74. The fourth-order valence-electron chi connectivity index (χ4n) is 6.02. The number of rotatable bonds is 1. The highest BCUT2D eigenvalue weighted by atomic mass is 16.3. The van der Waals surface area contributed by atoms with Crippen molar-refractivity contribution in [2.24, 2.45) is 7.05 Å². The number of hydrogen-bond donors (Lipinski definition) is 0. The molecule has 34 heavy (non-hydrogen) atoms. The Hall–Kier alpha value is -3.20. The van der Waals surface area contributed by atoms with Crippen molar-refractivity contribution in [3.63, 3.8) is 0 Å². The zero-order valence-corrected chi connectivity index (χ0v) is 20.8. The molecule has 0 amide bonds. The average Bonchev–Trinajstić information content (AvgIpc) is 3.20. The molecule has 0 aliphatic heterocycles. The number of benzene rings is 3. The Labute approximate surface area is 205 Å². The second kappa shape index (κ2) is 6.91. The predicted octanol–water partition coefficient (Wildman–Crippen LogP) is 7.59. The Morgan fingerprint density at radius 1 is 0.941 bits per heavy atom. The number of hydrogen-bond acceptors (Lipinski definition) is 2. The van der Waals surface area contributed by atoms with Crippen LogP contribution in [0.25, 0.3) is 44.0 Å². The van der Waals surface area contributed by atoms with Gasteiger partial charge in [0.05, 0.1) is 11.8 Å². The molecule has 0 N–H and O–H groups in total. The molecule has 0 fully saturated rings. The van der Waals surface area contributed by atoms with E-state index >= 15 is 0 Å². The van der Waals surface area contributed by atoms with Gasteiger partial charge in [0.2, 0.25) is 5.69 Å². The van der Waals surface area contributed by atoms with Crippen molar-refractivity contribution in [1.82, 2.24) is 4.98 Å². The summed E-state index contributed by atoms with van der Waals surface area (Å²) < 4.78 is 31.9. The fraction of sp³-hybridized carbons (Fsp3) is 0.355. The number of fused-ring (bicyclic) bond motifs is 7. The van der Waals surface area contributed by atoms with Crippen LogP contribution in [0.5, 0.6) is 0 Å². The predicted molar refractivity (Wildman–Crippen MR) is 140 cm³/mol. The largest absolute Gasteiger partial charge is 0.454 e. The van der Waals surface area contributed by atoms with Gasteiger partial charge in [0.15, 0.2) is 6.20 Å². The van der Waals surface area contributed by atoms with E-state index in [1.54, 1.807) is 12.4 Å². The van der Waals surface area contributed by atoms with Crippen molar-refractivity contribution < 1.29 is 13.1 Å². The van der Waals surface area contributed by atoms with Gasteiger partial charge in [0.1, 0.15) is 23.9 Å². The summed E-state index contributed by atoms with van der Waals surface area (Å²) in [6.07, 6.45) is 5.54. The highest BCUT2D eigenvalue weighted by molar-refractivity contribution is 6.18. The third-order valence-corrected chi connectivity index (χ3v) is 8.06. The maximum Gasteiger partial charge on any atom is 0.234 e. The van der Waals surface area contributed by atoms with E-state index in [4.69, 9.17) is 8.53 Å². The quantitative estimate of drug-likeness (QED) is 0.245. The van der Waals surface area contributed by atoms with E-state index in [-0.39, 0.29) is 16.5 Å². The highest BCUT2D eigenvalue weighted by Crippen LogP contribution is 2.50. The van der Waals surface area contributed by atoms with Crippen LogP contribution in [0.15, 0.2) is 53.2 Å². The van der Waals surface area contributed by atoms with Crippen LogP contribution < -0.4 is 4.57 Å². The number of furan rings is 1. The van der Waals surface area contributed by atoms with Gasteiger partial charge in [-0.25, -0.2) is 4.98 Å². The van der Waals surface area contributed by atoms with Gasteiger partial charge in [-0.15, -0.1) is 0 Å². The summed E-state index contributed by atoms with van der Waals surface area (Å²) >= 11 is 0. The van der Waals surface area contributed by atoms with E-state index in [9.17, 15) is 0 Å². The number of nitrogens with zero attached hydrogens (tertiary/aromatic N) is 2. The molecule has 3 nitrogen and oxygen atoms in total. The van der Waals surface area contributed by atoms with Crippen LogP contribution in [-0.2, 0) is 17.9 Å². The summed E-state index contributed by atoms with van der Waals surface area (Å²) in [7, 11) is 1.86. The monoisotopic (exact) mass is 452 g/mol. The minimum Gasteiger partial charge on any atom is -0.454 e. The van der Waals surface area contributed by atoms with E-state index in [0.29, 0.717) is 0 Å². The second-order valence-electron chi connectivity index (χ2n) is 11.3. The van der Waals surface area contributed by atoms with Gasteiger partial charge in [0, 0.05) is 20.3 Å². The SMILES string of the molecule is [2H]C([2H])([2H])c1c[n+](C)c(-c2c(C)ccc3c2oc2c3ccc3ccc4c(c32)C(C)(C)CCC4(C)C)cn1. The minimum atomic E-state index is -2.25. The third kappa shape index (κ3) is 2.89. The minimum absolute atomic E-state index is 0.0395. The standard InChI is InChI=1S/C31H33N2O/c1-18-8-11-21-22-12-9-20-10-13-23-27(31(5,6)15-14-30(23,3)4)26(20)29(22)34-28(21)25(18)24-16-32-19(2)17-33(24)7/h8-13,16-17H,14-15H2,1-7H3/q+1/i2D3. The third-order valence-electron chi connectivity index (χ3n) is 8.06. The average molecular weight is 453 g/mol. The summed E-state index contributed by atoms with van der Waals surface area (Å²) in [6, 6.07) is 13.2. The molecule has 3 heteroatoms. The van der Waals surface area contributed by atoms with Crippen molar-refractivity contribution in [2.45, 2.75) is 65.1 Å². The smallest absolute Gasteiger partial charge is 0.234 e. The molecule has 6 rings (SSSR count). The Bertz CT molecular complexity index is 1740. The van der Waals surface area contributed by atoms with Crippen LogP contribution in [-0.4, -0.2) is 4.98 Å². The molecule has 2 heterocycles. The van der Waals surface area contributed by atoms with E-state index in [1.165, 1.54) is 21.9 Å². The maximum absolute atomic E-state index is 7.74. The molecule has 1 aliphatic rings. The second-order valence-corrected chi connectivity index (χ2v) is 11.3. The van der Waals surface area contributed by atoms with Crippen molar-refractivity contribution in [2.75, 3.05) is 0 Å². The summed E-state index contributed by atoms with van der Waals surface area (Å²) in [5, 5.41) is 4.57. The molecule has 0 radical (unpaired) electrons. The highest BCUT2D eigenvalue weighted by Gasteiger charge is 2.39. The van der Waals surface area contributed by atoms with Crippen LogP contribution in [0.4, 0.5) is 0 Å². The summed E-state index contributed by atoms with van der Waals surface area (Å²) in [6.45, 7) is 9.22. The lowest BCUT2D eigenvalue weighted by Gasteiger charge is -2.42. The summed E-state index contributed by atoms with van der Waals surface area (Å²) in [5.41, 5.74) is 7.60. The lowest BCUT2D eigenvalue weighted by molar-refractivity contribution is -0.661. The molecule has 172 valence electrons. The molecule has 0 unspecified atom stereocenters. The van der Waals surface area contributed by atoms with Crippen LogP contribution >= 0.6 is 0 Å². The number of aryl methyl sites for hydroxylation is 3. The van der Waals surface area contributed by atoms with Gasteiger partial charge >= 0.3 is 0 Å². The zero-order chi connectivity index (χ0) is 26.5. The molecule has 0 saturated carbocycles. The van der Waals surface area contributed by atoms with Gasteiger partial charge in [-0.1, -0.05) is 58.0 Å². The normalized spacial score (nSPS) is 18.6. The van der Waals surface area contributed by atoms with Crippen molar-refractivity contribution >= 4 is 32.7 Å². The first-order valence-electron chi connectivity index (χ1n) is 13.6. The molecular formula is C31H33N2O+. The van der Waals surface area contributed by atoms with E-state index in [2.05, 4.69) is 76.0 Å².